The Morgan fingerprint density at radius 2 is 2.00 bits per heavy atom. The zero-order valence-corrected chi connectivity index (χ0v) is 17.4. The van der Waals surface area contributed by atoms with Gasteiger partial charge in [-0.1, -0.05) is 0 Å². The number of carbonyl (C=O) groups excluding carboxylic acids is 1. The number of nitrogens with one attached hydrogen (secondary N) is 1. The van der Waals surface area contributed by atoms with Crippen LogP contribution in [0.2, 0.25) is 0 Å². The Balaban J connectivity index is 1.39. The maximum Gasteiger partial charge on any atom is 0.410 e. The molecule has 3 saturated heterocycles. The second-order valence-corrected chi connectivity index (χ2v) is 9.39. The van der Waals surface area contributed by atoms with Gasteiger partial charge in [0.1, 0.15) is 16.9 Å². The lowest BCUT2D eigenvalue weighted by molar-refractivity contribution is 0.0123. The number of rotatable bonds is 2. The fourth-order valence-electron chi connectivity index (χ4n) is 4.84. The number of H-pyrrole nitrogens is 1. The molecule has 0 spiro atoms. The zero-order valence-electron chi connectivity index (χ0n) is 17.4. The van der Waals surface area contributed by atoms with Gasteiger partial charge in [-0.25, -0.2) is 14.8 Å². The normalized spacial score (nSPS) is 27.1. The summed E-state index contributed by atoms with van der Waals surface area (Å²) in [6.07, 6.45) is 4.67. The minimum absolute atomic E-state index is 0.178. The molecule has 29 heavy (non-hydrogen) atoms. The highest BCUT2D eigenvalue weighted by atomic mass is 16.6. The molecule has 0 aromatic carbocycles. The van der Waals surface area contributed by atoms with Crippen LogP contribution in [0.3, 0.4) is 0 Å². The summed E-state index contributed by atoms with van der Waals surface area (Å²) in [6, 6.07) is 2.41. The molecule has 156 valence electrons. The van der Waals surface area contributed by atoms with E-state index in [2.05, 4.69) is 20.9 Å². The standard InChI is InChI=1S/C21H29N5O3/c1-21(2,3)29-20(27)26-14-4-5-15(26)11-25(10-14)16-6-8-22-19-17(16)23-18(24-19)13-7-9-28-12-13/h6,8,13-15H,4-5,7,9-12H2,1-3H3,(H,22,23,24). The molecule has 8 nitrogen and oxygen atoms in total. The fourth-order valence-corrected chi connectivity index (χ4v) is 4.84. The van der Waals surface area contributed by atoms with E-state index < -0.39 is 5.60 Å². The average Bonchev–Trinajstić information content (AvgIpc) is 3.37. The third kappa shape index (κ3) is 3.43. The molecule has 8 heteroatoms. The van der Waals surface area contributed by atoms with Crippen molar-refractivity contribution in [3.63, 3.8) is 0 Å². The average molecular weight is 399 g/mol. The number of anilines is 1. The van der Waals surface area contributed by atoms with E-state index in [-0.39, 0.29) is 18.2 Å². The van der Waals surface area contributed by atoms with Crippen LogP contribution in [-0.2, 0) is 9.47 Å². The monoisotopic (exact) mass is 399 g/mol. The van der Waals surface area contributed by atoms with Gasteiger partial charge in [0.2, 0.25) is 0 Å². The van der Waals surface area contributed by atoms with Crippen LogP contribution in [0.25, 0.3) is 11.2 Å². The molecule has 0 radical (unpaired) electrons. The third-order valence-corrected chi connectivity index (χ3v) is 6.13. The highest BCUT2D eigenvalue weighted by molar-refractivity contribution is 5.86. The smallest absolute Gasteiger partial charge is 0.410 e. The first-order valence-corrected chi connectivity index (χ1v) is 10.6. The quantitative estimate of drug-likeness (QED) is 0.836. The topological polar surface area (TPSA) is 83.6 Å². The number of aromatic nitrogens is 3. The molecule has 0 aliphatic carbocycles. The molecule has 3 unspecified atom stereocenters. The van der Waals surface area contributed by atoms with Crippen LogP contribution in [0.15, 0.2) is 12.3 Å². The van der Waals surface area contributed by atoms with Crippen molar-refractivity contribution in [1.82, 2.24) is 19.9 Å². The number of ether oxygens (including phenoxy) is 2. The second-order valence-electron chi connectivity index (χ2n) is 9.39. The summed E-state index contributed by atoms with van der Waals surface area (Å²) in [4.78, 5) is 29.8. The van der Waals surface area contributed by atoms with Crippen molar-refractivity contribution in [2.75, 3.05) is 31.2 Å². The van der Waals surface area contributed by atoms with Gasteiger partial charge in [-0.15, -0.1) is 0 Å². The Labute approximate surface area is 170 Å². The summed E-state index contributed by atoms with van der Waals surface area (Å²) in [6.45, 7) is 8.86. The van der Waals surface area contributed by atoms with Crippen molar-refractivity contribution in [2.24, 2.45) is 0 Å². The van der Waals surface area contributed by atoms with Gasteiger partial charge in [0, 0.05) is 31.8 Å². The fraction of sp³-hybridized carbons (Fsp3) is 0.667. The van der Waals surface area contributed by atoms with E-state index in [1.165, 1.54) is 0 Å². The number of carbonyl (C=O) groups is 1. The van der Waals surface area contributed by atoms with Gasteiger partial charge in [0.15, 0.2) is 5.65 Å². The largest absolute Gasteiger partial charge is 0.444 e. The lowest BCUT2D eigenvalue weighted by atomic mass is 10.1. The van der Waals surface area contributed by atoms with Crippen LogP contribution in [0.4, 0.5) is 10.5 Å². The minimum Gasteiger partial charge on any atom is -0.444 e. The molecule has 0 saturated carbocycles. The minimum atomic E-state index is -0.471. The van der Waals surface area contributed by atoms with E-state index in [4.69, 9.17) is 14.5 Å². The Morgan fingerprint density at radius 1 is 1.24 bits per heavy atom. The van der Waals surface area contributed by atoms with Crippen LogP contribution in [0, 0.1) is 0 Å². The Bertz CT molecular complexity index is 901. The van der Waals surface area contributed by atoms with Crippen molar-refractivity contribution in [2.45, 2.75) is 63.6 Å². The Hall–Kier alpha value is -2.35. The first-order chi connectivity index (χ1) is 13.9. The first kappa shape index (κ1) is 18.7. The number of amides is 1. The van der Waals surface area contributed by atoms with Crippen LogP contribution in [-0.4, -0.2) is 69.9 Å². The highest BCUT2D eigenvalue weighted by Gasteiger charge is 2.44. The number of hydrogen-bond acceptors (Lipinski definition) is 6. The molecule has 5 rings (SSSR count). The number of imidazole rings is 1. The van der Waals surface area contributed by atoms with Crippen molar-refractivity contribution >= 4 is 22.9 Å². The number of piperazine rings is 1. The SMILES string of the molecule is CC(C)(C)OC(=O)N1C2CCC1CN(c1ccnc3nc(C4CCOC4)[nH]c13)C2. The van der Waals surface area contributed by atoms with Gasteiger partial charge in [-0.2, -0.15) is 0 Å². The predicted octanol–water partition coefficient (Wildman–Crippen LogP) is 3.05. The number of aromatic amines is 1. The lowest BCUT2D eigenvalue weighted by Gasteiger charge is -2.42. The number of fused-ring (bicyclic) bond motifs is 3. The number of hydrogen-bond donors (Lipinski definition) is 1. The van der Waals surface area contributed by atoms with Crippen LogP contribution >= 0.6 is 0 Å². The summed E-state index contributed by atoms with van der Waals surface area (Å²) >= 11 is 0. The Kier molecular flexibility index (Phi) is 4.42. The molecule has 3 atom stereocenters. The molecule has 2 aromatic heterocycles. The summed E-state index contributed by atoms with van der Waals surface area (Å²) in [5, 5.41) is 0. The summed E-state index contributed by atoms with van der Waals surface area (Å²) in [5.41, 5.74) is 2.39. The van der Waals surface area contributed by atoms with E-state index in [1.807, 2.05) is 31.9 Å². The van der Waals surface area contributed by atoms with Gasteiger partial charge in [0.05, 0.1) is 24.4 Å². The van der Waals surface area contributed by atoms with Gasteiger partial charge >= 0.3 is 6.09 Å². The van der Waals surface area contributed by atoms with Crippen LogP contribution in [0.5, 0.6) is 0 Å². The van der Waals surface area contributed by atoms with Gasteiger partial charge < -0.3 is 19.4 Å². The van der Waals surface area contributed by atoms with Crippen LogP contribution < -0.4 is 4.90 Å². The molecule has 3 aliphatic rings. The van der Waals surface area contributed by atoms with E-state index in [9.17, 15) is 4.79 Å². The van der Waals surface area contributed by atoms with Crippen LogP contribution in [0.1, 0.15) is 51.8 Å². The predicted molar refractivity (Wildman–Crippen MR) is 109 cm³/mol. The third-order valence-electron chi connectivity index (χ3n) is 6.13. The number of nitrogens with zero attached hydrogens (tertiary/aromatic N) is 4. The van der Waals surface area contributed by atoms with Crippen molar-refractivity contribution in [3.05, 3.63) is 18.1 Å². The van der Waals surface area contributed by atoms with E-state index in [1.54, 1.807) is 0 Å². The van der Waals surface area contributed by atoms with E-state index in [0.29, 0.717) is 12.5 Å². The lowest BCUT2D eigenvalue weighted by Crippen LogP contribution is -2.56. The highest BCUT2D eigenvalue weighted by Crippen LogP contribution is 2.36. The van der Waals surface area contributed by atoms with Gasteiger partial charge in [-0.05, 0) is 46.1 Å². The van der Waals surface area contributed by atoms with Gasteiger partial charge in [0.25, 0.3) is 0 Å². The summed E-state index contributed by atoms with van der Waals surface area (Å²) < 4.78 is 11.2. The maximum absolute atomic E-state index is 12.7. The molecule has 5 heterocycles. The molecular weight excluding hydrogens is 370 g/mol. The van der Waals surface area contributed by atoms with Crippen molar-refractivity contribution in [1.29, 1.82) is 0 Å². The summed E-state index contributed by atoms with van der Waals surface area (Å²) in [7, 11) is 0. The zero-order chi connectivity index (χ0) is 20.2. The molecule has 1 N–H and O–H groups in total. The van der Waals surface area contributed by atoms with Gasteiger partial charge in [-0.3, -0.25) is 4.90 Å². The van der Waals surface area contributed by atoms with Crippen molar-refractivity contribution < 1.29 is 14.3 Å². The molecule has 2 aromatic rings. The molecule has 2 bridgehead atoms. The maximum atomic E-state index is 12.7. The molecule has 1 amide bonds. The molecular formula is C21H29N5O3. The second kappa shape index (κ2) is 6.86. The van der Waals surface area contributed by atoms with E-state index >= 15 is 0 Å². The first-order valence-electron chi connectivity index (χ1n) is 10.6. The number of pyridine rings is 1. The summed E-state index contributed by atoms with van der Waals surface area (Å²) in [5.74, 6) is 1.28. The Morgan fingerprint density at radius 3 is 2.66 bits per heavy atom. The van der Waals surface area contributed by atoms with Crippen molar-refractivity contribution in [3.8, 4) is 0 Å². The molecule has 3 fully saturated rings. The van der Waals surface area contributed by atoms with E-state index in [0.717, 1.165) is 61.6 Å². The molecule has 3 aliphatic heterocycles.